The maximum atomic E-state index is 12.3. The van der Waals surface area contributed by atoms with Crippen molar-refractivity contribution in [3.63, 3.8) is 0 Å². The van der Waals surface area contributed by atoms with Crippen molar-refractivity contribution in [2.75, 3.05) is 16.8 Å². The maximum absolute atomic E-state index is 12.3. The third-order valence-corrected chi connectivity index (χ3v) is 4.65. The highest BCUT2D eigenvalue weighted by Gasteiger charge is 2.35. The van der Waals surface area contributed by atoms with Crippen molar-refractivity contribution in [3.05, 3.63) is 71.1 Å². The van der Waals surface area contributed by atoms with Gasteiger partial charge < -0.3 is 9.32 Å². The Morgan fingerprint density at radius 2 is 1.85 bits per heavy atom. The van der Waals surface area contributed by atoms with Crippen LogP contribution in [0.5, 0.6) is 0 Å². The van der Waals surface area contributed by atoms with Gasteiger partial charge >= 0.3 is 6.01 Å². The first-order valence-electron chi connectivity index (χ1n) is 8.36. The molecule has 1 atom stereocenters. The molecule has 3 aromatic rings. The number of carbonyl (C=O) groups is 2. The molecule has 0 aliphatic carbocycles. The van der Waals surface area contributed by atoms with Crippen LogP contribution in [0.25, 0.3) is 0 Å². The quantitative estimate of drug-likeness (QED) is 0.746. The first-order chi connectivity index (χ1) is 13.1. The van der Waals surface area contributed by atoms with Crippen LogP contribution in [0.1, 0.15) is 28.6 Å². The normalized spacial score (nSPS) is 16.6. The Bertz CT molecular complexity index is 989. The number of halogens is 1. The van der Waals surface area contributed by atoms with Crippen LogP contribution in [0.2, 0.25) is 5.02 Å². The van der Waals surface area contributed by atoms with Crippen LogP contribution in [-0.2, 0) is 4.79 Å². The summed E-state index contributed by atoms with van der Waals surface area (Å²) in [7, 11) is 0. The van der Waals surface area contributed by atoms with Crippen molar-refractivity contribution in [1.82, 2.24) is 10.2 Å². The molecule has 1 saturated heterocycles. The lowest BCUT2D eigenvalue weighted by Gasteiger charge is -2.15. The van der Waals surface area contributed by atoms with Gasteiger partial charge in [-0.05, 0) is 24.3 Å². The smallest absolute Gasteiger partial charge is 0.322 e. The summed E-state index contributed by atoms with van der Waals surface area (Å²) >= 11 is 6.01. The second-order valence-electron chi connectivity index (χ2n) is 6.12. The van der Waals surface area contributed by atoms with Crippen molar-refractivity contribution < 1.29 is 14.0 Å². The summed E-state index contributed by atoms with van der Waals surface area (Å²) in [5, 5.41) is 10.7. The summed E-state index contributed by atoms with van der Waals surface area (Å²) in [6.45, 7) is 0.447. The lowest BCUT2D eigenvalue weighted by Crippen LogP contribution is -2.24. The molecule has 0 bridgehead atoms. The zero-order chi connectivity index (χ0) is 18.8. The number of rotatable bonds is 4. The van der Waals surface area contributed by atoms with Gasteiger partial charge in [-0.1, -0.05) is 47.0 Å². The number of nitrogens with zero attached hydrogens (tertiary/aromatic N) is 3. The van der Waals surface area contributed by atoms with Gasteiger partial charge in [0.05, 0.1) is 16.5 Å². The predicted molar refractivity (Wildman–Crippen MR) is 99.9 cm³/mol. The molecule has 4 rings (SSSR count). The van der Waals surface area contributed by atoms with E-state index in [1.165, 1.54) is 0 Å². The van der Waals surface area contributed by atoms with Gasteiger partial charge in [-0.2, -0.15) is 0 Å². The van der Waals surface area contributed by atoms with E-state index in [4.69, 9.17) is 16.0 Å². The zero-order valence-corrected chi connectivity index (χ0v) is 14.9. The van der Waals surface area contributed by atoms with E-state index in [1.54, 1.807) is 29.2 Å². The summed E-state index contributed by atoms with van der Waals surface area (Å²) in [5.74, 6) is -0.359. The number of nitrogens with one attached hydrogen (secondary N) is 1. The van der Waals surface area contributed by atoms with Gasteiger partial charge in [0.15, 0.2) is 0 Å². The molecule has 1 fully saturated rings. The van der Waals surface area contributed by atoms with Crippen molar-refractivity contribution in [1.29, 1.82) is 0 Å². The minimum Gasteiger partial charge on any atom is -0.407 e. The predicted octanol–water partition coefficient (Wildman–Crippen LogP) is 3.50. The molecule has 1 aliphatic rings. The van der Waals surface area contributed by atoms with E-state index in [-0.39, 0.29) is 24.3 Å². The fraction of sp³-hybridized carbons (Fsp3) is 0.158. The fourth-order valence-corrected chi connectivity index (χ4v) is 3.21. The third-order valence-electron chi connectivity index (χ3n) is 4.32. The number of carbonyl (C=O) groups excluding carboxylic acids is 2. The number of amides is 2. The average molecular weight is 383 g/mol. The van der Waals surface area contributed by atoms with Crippen LogP contribution in [0.15, 0.2) is 59.0 Å². The highest BCUT2D eigenvalue weighted by atomic mass is 35.5. The van der Waals surface area contributed by atoms with Crippen LogP contribution in [0.3, 0.4) is 0 Å². The van der Waals surface area contributed by atoms with Gasteiger partial charge in [0.1, 0.15) is 0 Å². The Kier molecular flexibility index (Phi) is 4.60. The van der Waals surface area contributed by atoms with E-state index < -0.39 is 5.91 Å². The summed E-state index contributed by atoms with van der Waals surface area (Å²) in [4.78, 5) is 26.3. The molecule has 0 radical (unpaired) electrons. The number of anilines is 2. The van der Waals surface area contributed by atoms with Gasteiger partial charge in [0.25, 0.3) is 5.91 Å². The van der Waals surface area contributed by atoms with E-state index >= 15 is 0 Å². The number of hydrogen-bond acceptors (Lipinski definition) is 5. The van der Waals surface area contributed by atoms with Gasteiger partial charge in [-0.15, -0.1) is 5.10 Å². The standard InChI is InChI=1S/C19H15ClN4O3/c20-15-9-5-4-8-14(15)17(26)21-19-23-22-18(27-19)12-10-16(25)24(11-12)13-6-2-1-3-7-13/h1-9,12H,10-11H2,(H,21,23,26)/t12-/m0/s1. The molecular formula is C19H15ClN4O3. The van der Waals surface area contributed by atoms with E-state index in [9.17, 15) is 9.59 Å². The Morgan fingerprint density at radius 3 is 2.63 bits per heavy atom. The number of aromatic nitrogens is 2. The first kappa shape index (κ1) is 17.2. The Morgan fingerprint density at radius 1 is 1.11 bits per heavy atom. The number of hydrogen-bond donors (Lipinski definition) is 1. The maximum Gasteiger partial charge on any atom is 0.322 e. The molecule has 136 valence electrons. The molecule has 2 amide bonds. The molecule has 2 heterocycles. The monoisotopic (exact) mass is 382 g/mol. The zero-order valence-electron chi connectivity index (χ0n) is 14.1. The van der Waals surface area contributed by atoms with Crippen LogP contribution in [0, 0.1) is 0 Å². The van der Waals surface area contributed by atoms with Gasteiger partial charge in [0.2, 0.25) is 11.8 Å². The van der Waals surface area contributed by atoms with Crippen LogP contribution in [-0.4, -0.2) is 28.6 Å². The van der Waals surface area contributed by atoms with Gasteiger partial charge in [-0.3, -0.25) is 14.9 Å². The largest absolute Gasteiger partial charge is 0.407 e. The van der Waals surface area contributed by atoms with Crippen molar-refractivity contribution in [2.24, 2.45) is 0 Å². The number of benzene rings is 2. The van der Waals surface area contributed by atoms with Crippen LogP contribution < -0.4 is 10.2 Å². The molecule has 0 spiro atoms. The first-order valence-corrected chi connectivity index (χ1v) is 8.74. The van der Waals surface area contributed by atoms with Crippen LogP contribution in [0.4, 0.5) is 11.7 Å². The molecule has 7 nitrogen and oxygen atoms in total. The molecule has 1 aromatic heterocycles. The Hall–Kier alpha value is -3.19. The third kappa shape index (κ3) is 3.54. The molecule has 8 heteroatoms. The lowest BCUT2D eigenvalue weighted by molar-refractivity contribution is -0.117. The Labute approximate surface area is 160 Å². The van der Waals surface area contributed by atoms with E-state index in [0.29, 0.717) is 23.0 Å². The summed E-state index contributed by atoms with van der Waals surface area (Å²) in [5.41, 5.74) is 1.14. The number of para-hydroxylation sites is 1. The van der Waals surface area contributed by atoms with E-state index in [0.717, 1.165) is 5.69 Å². The minimum absolute atomic E-state index is 0.00828. The second-order valence-corrected chi connectivity index (χ2v) is 6.53. The van der Waals surface area contributed by atoms with Crippen molar-refractivity contribution >= 4 is 35.1 Å². The van der Waals surface area contributed by atoms with Gasteiger partial charge in [0, 0.05) is 18.7 Å². The lowest BCUT2D eigenvalue weighted by atomic mass is 10.1. The topological polar surface area (TPSA) is 88.3 Å². The highest BCUT2D eigenvalue weighted by molar-refractivity contribution is 6.34. The second kappa shape index (κ2) is 7.20. The molecule has 0 unspecified atom stereocenters. The summed E-state index contributed by atoms with van der Waals surface area (Å²) in [6, 6.07) is 16.1. The highest BCUT2D eigenvalue weighted by Crippen LogP contribution is 2.31. The molecule has 1 N–H and O–H groups in total. The van der Waals surface area contributed by atoms with E-state index in [1.807, 2.05) is 30.3 Å². The minimum atomic E-state index is -0.441. The fourth-order valence-electron chi connectivity index (χ4n) is 2.99. The Balaban J connectivity index is 1.46. The summed E-state index contributed by atoms with van der Waals surface area (Å²) in [6.07, 6.45) is 0.273. The van der Waals surface area contributed by atoms with Crippen molar-refractivity contribution in [2.45, 2.75) is 12.3 Å². The molecular weight excluding hydrogens is 368 g/mol. The molecule has 1 aliphatic heterocycles. The van der Waals surface area contributed by atoms with Crippen LogP contribution >= 0.6 is 11.6 Å². The molecule has 0 saturated carbocycles. The van der Waals surface area contributed by atoms with Crippen molar-refractivity contribution in [3.8, 4) is 0 Å². The molecule has 27 heavy (non-hydrogen) atoms. The van der Waals surface area contributed by atoms with E-state index in [2.05, 4.69) is 15.5 Å². The SMILES string of the molecule is O=C(Nc1nnc([C@H]2CC(=O)N(c3ccccc3)C2)o1)c1ccccc1Cl. The molecule has 2 aromatic carbocycles. The summed E-state index contributed by atoms with van der Waals surface area (Å²) < 4.78 is 5.56. The average Bonchev–Trinajstić information content (AvgIpc) is 3.29. The van der Waals surface area contributed by atoms with Gasteiger partial charge in [-0.25, -0.2) is 0 Å².